The average molecular weight is 483 g/mol. The maximum atomic E-state index is 5.15. The number of amidine groups is 1. The zero-order valence-corrected chi connectivity index (χ0v) is 22.5. The second-order valence-corrected chi connectivity index (χ2v) is 10.3. The third-order valence-electron chi connectivity index (χ3n) is 7.43. The van der Waals surface area contributed by atoms with E-state index in [2.05, 4.69) is 105 Å². The van der Waals surface area contributed by atoms with E-state index in [0.717, 1.165) is 69.1 Å². The molecule has 3 N–H and O–H groups in total. The summed E-state index contributed by atoms with van der Waals surface area (Å²) in [4.78, 5) is 5.15. The van der Waals surface area contributed by atoms with Crippen molar-refractivity contribution in [1.29, 1.82) is 0 Å². The lowest BCUT2D eigenvalue weighted by molar-refractivity contribution is 0.557. The molecule has 190 valence electrons. The monoisotopic (exact) mass is 482 g/mol. The van der Waals surface area contributed by atoms with Gasteiger partial charge in [-0.1, -0.05) is 74.5 Å². The topological polar surface area (TPSA) is 48.4 Å². The predicted octanol–water partition coefficient (Wildman–Crippen LogP) is 6.82. The Kier molecular flexibility index (Phi) is 8.60. The van der Waals surface area contributed by atoms with Gasteiger partial charge in [0.05, 0.1) is 5.69 Å². The van der Waals surface area contributed by atoms with Crippen molar-refractivity contribution in [2.75, 3.05) is 13.2 Å². The summed E-state index contributed by atoms with van der Waals surface area (Å²) in [6.07, 6.45) is 10.0. The minimum absolute atomic E-state index is 0.150. The Labute approximate surface area is 217 Å². The normalized spacial score (nSPS) is 19.2. The maximum absolute atomic E-state index is 5.15. The molecule has 1 atom stereocenters. The Morgan fingerprint density at radius 3 is 2.58 bits per heavy atom. The first-order valence-corrected chi connectivity index (χ1v) is 13.5. The van der Waals surface area contributed by atoms with Crippen LogP contribution < -0.4 is 16.0 Å². The van der Waals surface area contributed by atoms with Gasteiger partial charge in [-0.3, -0.25) is 0 Å². The van der Waals surface area contributed by atoms with Crippen LogP contribution in [0.15, 0.2) is 77.3 Å². The van der Waals surface area contributed by atoms with Gasteiger partial charge >= 0.3 is 0 Å². The summed E-state index contributed by atoms with van der Waals surface area (Å²) in [6, 6.07) is 15.1. The van der Waals surface area contributed by atoms with Crippen LogP contribution in [0.3, 0.4) is 0 Å². The average Bonchev–Trinajstić information content (AvgIpc) is 2.89. The SMILES string of the molecule is C=C1NC(C2(C)C=C(C)C(CCCNCNCc3ccccc3)=CC2)=Nc2cc(CC)cc(CC)c21. The van der Waals surface area contributed by atoms with Crippen molar-refractivity contribution in [3.63, 3.8) is 0 Å². The fraction of sp³-hybridized carbons (Fsp3) is 0.406. The summed E-state index contributed by atoms with van der Waals surface area (Å²) in [5.74, 6) is 1.01. The molecule has 0 saturated heterocycles. The van der Waals surface area contributed by atoms with E-state index in [9.17, 15) is 0 Å². The quantitative estimate of drug-likeness (QED) is 0.243. The Morgan fingerprint density at radius 1 is 1.06 bits per heavy atom. The van der Waals surface area contributed by atoms with E-state index < -0.39 is 0 Å². The summed E-state index contributed by atoms with van der Waals surface area (Å²) < 4.78 is 0. The van der Waals surface area contributed by atoms with Crippen LogP contribution >= 0.6 is 0 Å². The predicted molar refractivity (Wildman–Crippen MR) is 154 cm³/mol. The van der Waals surface area contributed by atoms with Crippen LogP contribution in [0.2, 0.25) is 0 Å². The summed E-state index contributed by atoms with van der Waals surface area (Å²) >= 11 is 0. The number of rotatable bonds is 11. The maximum Gasteiger partial charge on any atom is 0.117 e. The van der Waals surface area contributed by atoms with Gasteiger partial charge in [0.15, 0.2) is 0 Å². The Balaban J connectivity index is 1.33. The first kappa shape index (κ1) is 26.1. The number of nitrogens with one attached hydrogen (secondary N) is 3. The summed E-state index contributed by atoms with van der Waals surface area (Å²) in [7, 11) is 0. The molecule has 0 aromatic heterocycles. The smallest absolute Gasteiger partial charge is 0.117 e. The van der Waals surface area contributed by atoms with Gasteiger partial charge in [0, 0.05) is 29.9 Å². The van der Waals surface area contributed by atoms with Gasteiger partial charge in [-0.15, -0.1) is 0 Å². The third-order valence-corrected chi connectivity index (χ3v) is 7.43. The lowest BCUT2D eigenvalue weighted by Gasteiger charge is -2.35. The van der Waals surface area contributed by atoms with Crippen LogP contribution in [0.1, 0.15) is 69.2 Å². The van der Waals surface area contributed by atoms with Crippen molar-refractivity contribution in [3.05, 3.63) is 94.6 Å². The third kappa shape index (κ3) is 6.05. The molecule has 0 radical (unpaired) electrons. The zero-order valence-electron chi connectivity index (χ0n) is 22.5. The number of aliphatic imine (C=N–C) groups is 1. The van der Waals surface area contributed by atoms with Gasteiger partial charge in [0.2, 0.25) is 0 Å². The molecule has 1 unspecified atom stereocenters. The summed E-state index contributed by atoms with van der Waals surface area (Å²) in [5.41, 5.74) is 9.89. The second-order valence-electron chi connectivity index (χ2n) is 10.3. The molecular formula is C32H42N4. The highest BCUT2D eigenvalue weighted by Gasteiger charge is 2.34. The molecular weight excluding hydrogens is 440 g/mol. The molecule has 4 heteroatoms. The molecule has 0 amide bonds. The molecule has 1 aliphatic carbocycles. The van der Waals surface area contributed by atoms with Crippen molar-refractivity contribution in [2.24, 2.45) is 10.4 Å². The van der Waals surface area contributed by atoms with Crippen molar-refractivity contribution in [3.8, 4) is 0 Å². The fourth-order valence-electron chi connectivity index (χ4n) is 5.27. The summed E-state index contributed by atoms with van der Waals surface area (Å²) in [5, 5.41) is 10.5. The molecule has 2 aromatic rings. The number of hydrogen-bond acceptors (Lipinski definition) is 4. The molecule has 4 rings (SSSR count). The lowest BCUT2D eigenvalue weighted by Crippen LogP contribution is -2.39. The van der Waals surface area contributed by atoms with Crippen molar-refractivity contribution < 1.29 is 0 Å². The molecule has 0 fully saturated rings. The van der Waals surface area contributed by atoms with E-state index in [4.69, 9.17) is 4.99 Å². The molecule has 0 bridgehead atoms. The number of aryl methyl sites for hydroxylation is 2. The van der Waals surface area contributed by atoms with Crippen molar-refractivity contribution in [1.82, 2.24) is 16.0 Å². The van der Waals surface area contributed by atoms with Crippen LogP contribution in [0.4, 0.5) is 5.69 Å². The van der Waals surface area contributed by atoms with Crippen LogP contribution in [0.25, 0.3) is 5.70 Å². The molecule has 36 heavy (non-hydrogen) atoms. The number of fused-ring (bicyclic) bond motifs is 1. The van der Waals surface area contributed by atoms with Crippen LogP contribution in [0, 0.1) is 5.41 Å². The lowest BCUT2D eigenvalue weighted by atomic mass is 9.76. The fourth-order valence-corrected chi connectivity index (χ4v) is 5.27. The minimum Gasteiger partial charge on any atom is -0.343 e. The van der Waals surface area contributed by atoms with Crippen LogP contribution in [0.5, 0.6) is 0 Å². The van der Waals surface area contributed by atoms with E-state index in [0.29, 0.717) is 0 Å². The number of hydrogen-bond donors (Lipinski definition) is 3. The molecule has 1 heterocycles. The van der Waals surface area contributed by atoms with Crippen molar-refractivity contribution in [2.45, 2.75) is 66.3 Å². The van der Waals surface area contributed by atoms with E-state index in [-0.39, 0.29) is 5.41 Å². The first-order chi connectivity index (χ1) is 17.4. The summed E-state index contributed by atoms with van der Waals surface area (Å²) in [6.45, 7) is 16.1. The Hall–Kier alpha value is -2.95. The zero-order chi connectivity index (χ0) is 25.5. The molecule has 0 spiro atoms. The van der Waals surface area contributed by atoms with E-state index in [1.54, 1.807) is 0 Å². The van der Waals surface area contributed by atoms with Crippen LogP contribution in [-0.2, 0) is 19.4 Å². The molecule has 2 aromatic carbocycles. The first-order valence-electron chi connectivity index (χ1n) is 13.5. The van der Waals surface area contributed by atoms with Gasteiger partial charge in [0.1, 0.15) is 5.84 Å². The van der Waals surface area contributed by atoms with Crippen LogP contribution in [-0.4, -0.2) is 19.0 Å². The second kappa shape index (κ2) is 11.9. The number of benzene rings is 2. The largest absolute Gasteiger partial charge is 0.343 e. The van der Waals surface area contributed by atoms with Crippen molar-refractivity contribution >= 4 is 17.2 Å². The Morgan fingerprint density at radius 2 is 1.86 bits per heavy atom. The molecule has 2 aliphatic rings. The van der Waals surface area contributed by atoms with Gasteiger partial charge in [-0.2, -0.15) is 0 Å². The standard InChI is InChI=1S/C32H42N4/c1-6-25-18-27(7-2)30-24(4)35-31(36-29(30)19-25)32(5)16-15-28(23(3)20-32)14-11-17-33-22-34-21-26-12-9-8-10-13-26/h8-10,12-13,15,18-20,33-34H,4,6-7,11,14,16-17,21-22H2,1-3,5H3,(H,35,36). The highest BCUT2D eigenvalue weighted by atomic mass is 15.1. The Bertz CT molecular complexity index is 1170. The van der Waals surface area contributed by atoms with E-state index >= 15 is 0 Å². The van der Waals surface area contributed by atoms with Gasteiger partial charge in [-0.05, 0) is 80.8 Å². The van der Waals surface area contributed by atoms with Gasteiger partial charge in [-0.25, -0.2) is 4.99 Å². The molecule has 0 saturated carbocycles. The number of allylic oxidation sites excluding steroid dienone is 3. The highest BCUT2D eigenvalue weighted by Crippen LogP contribution is 2.40. The highest BCUT2D eigenvalue weighted by molar-refractivity contribution is 6.02. The molecule has 1 aliphatic heterocycles. The van der Waals surface area contributed by atoms with Gasteiger partial charge < -0.3 is 16.0 Å². The van der Waals surface area contributed by atoms with E-state index in [1.165, 1.54) is 33.4 Å². The number of nitrogens with zero attached hydrogens (tertiary/aromatic N) is 1. The van der Waals surface area contributed by atoms with E-state index in [1.807, 2.05) is 0 Å². The molecule has 4 nitrogen and oxygen atoms in total. The van der Waals surface area contributed by atoms with Gasteiger partial charge in [0.25, 0.3) is 0 Å². The minimum atomic E-state index is -0.150.